The highest BCUT2D eigenvalue weighted by molar-refractivity contribution is 5.93. The summed E-state index contributed by atoms with van der Waals surface area (Å²) in [5.41, 5.74) is 2.62. The van der Waals surface area contributed by atoms with Crippen LogP contribution >= 0.6 is 0 Å². The van der Waals surface area contributed by atoms with Crippen molar-refractivity contribution >= 4 is 5.91 Å². The van der Waals surface area contributed by atoms with E-state index in [0.717, 1.165) is 0 Å². The van der Waals surface area contributed by atoms with E-state index in [9.17, 15) is 4.79 Å². The van der Waals surface area contributed by atoms with Gasteiger partial charge in [-0.15, -0.1) is 0 Å². The van der Waals surface area contributed by atoms with E-state index in [1.807, 2.05) is 25.3 Å². The van der Waals surface area contributed by atoms with Crippen molar-refractivity contribution in [3.8, 4) is 0 Å². The zero-order valence-corrected chi connectivity index (χ0v) is 7.37. The van der Waals surface area contributed by atoms with E-state index in [1.54, 1.807) is 24.3 Å². The molecule has 1 aromatic carbocycles. The van der Waals surface area contributed by atoms with Crippen LogP contribution in [0.15, 0.2) is 30.3 Å². The van der Waals surface area contributed by atoms with E-state index in [0.29, 0.717) is 5.56 Å². The molecule has 3 heteroatoms. The predicted octanol–water partition coefficient (Wildman–Crippen LogP) is 1.32. The van der Waals surface area contributed by atoms with Gasteiger partial charge in [-0.1, -0.05) is 32.0 Å². The Morgan fingerprint density at radius 3 is 2.17 bits per heavy atom. The van der Waals surface area contributed by atoms with Gasteiger partial charge in [-0.2, -0.15) is 0 Å². The summed E-state index contributed by atoms with van der Waals surface area (Å²) in [6.07, 6.45) is 0. The smallest absolute Gasteiger partial charge is 0.265 e. The SMILES string of the molecule is CC.NNC(=O)c1ccccc1. The van der Waals surface area contributed by atoms with Crippen LogP contribution < -0.4 is 11.3 Å². The van der Waals surface area contributed by atoms with Crippen LogP contribution in [0.2, 0.25) is 0 Å². The fourth-order valence-corrected chi connectivity index (χ4v) is 0.673. The second-order valence-corrected chi connectivity index (χ2v) is 1.84. The molecule has 3 N–H and O–H groups in total. The Labute approximate surface area is 72.6 Å². The van der Waals surface area contributed by atoms with Gasteiger partial charge in [0.1, 0.15) is 0 Å². The third kappa shape index (κ3) is 3.16. The molecule has 66 valence electrons. The summed E-state index contributed by atoms with van der Waals surface area (Å²) in [4.78, 5) is 10.8. The Morgan fingerprint density at radius 1 is 1.25 bits per heavy atom. The molecule has 0 unspecified atom stereocenters. The van der Waals surface area contributed by atoms with E-state index in [4.69, 9.17) is 5.84 Å². The molecule has 0 aliphatic heterocycles. The Balaban J connectivity index is 0.000000561. The molecule has 1 amide bonds. The number of nitrogens with two attached hydrogens (primary N) is 1. The van der Waals surface area contributed by atoms with E-state index in [2.05, 4.69) is 0 Å². The predicted molar refractivity (Wildman–Crippen MR) is 49.4 cm³/mol. The van der Waals surface area contributed by atoms with Crippen LogP contribution in [0.3, 0.4) is 0 Å². The average Bonchev–Trinajstić information content (AvgIpc) is 2.21. The van der Waals surface area contributed by atoms with Gasteiger partial charge in [-0.3, -0.25) is 10.2 Å². The first-order chi connectivity index (χ1) is 5.84. The minimum atomic E-state index is -0.263. The fraction of sp³-hybridized carbons (Fsp3) is 0.222. The first kappa shape index (κ1) is 10.7. The lowest BCUT2D eigenvalue weighted by atomic mass is 10.2. The molecule has 0 bridgehead atoms. The van der Waals surface area contributed by atoms with Gasteiger partial charge in [-0.05, 0) is 12.1 Å². The lowest BCUT2D eigenvalue weighted by Gasteiger charge is -1.95. The molecule has 1 rings (SSSR count). The van der Waals surface area contributed by atoms with Crippen LogP contribution in [-0.2, 0) is 0 Å². The number of nitrogen functional groups attached to an aromatic ring is 1. The van der Waals surface area contributed by atoms with Crippen molar-refractivity contribution in [3.05, 3.63) is 35.9 Å². The molecule has 3 nitrogen and oxygen atoms in total. The average molecular weight is 166 g/mol. The number of rotatable bonds is 1. The van der Waals surface area contributed by atoms with Gasteiger partial charge in [0.05, 0.1) is 0 Å². The monoisotopic (exact) mass is 166 g/mol. The van der Waals surface area contributed by atoms with Crippen LogP contribution in [0, 0.1) is 0 Å². The van der Waals surface area contributed by atoms with Gasteiger partial charge < -0.3 is 0 Å². The molecular formula is C9H14N2O. The van der Waals surface area contributed by atoms with Crippen LogP contribution in [0.25, 0.3) is 0 Å². The number of benzene rings is 1. The van der Waals surface area contributed by atoms with Crippen LogP contribution in [-0.4, -0.2) is 5.91 Å². The lowest BCUT2D eigenvalue weighted by molar-refractivity contribution is 0.0953. The summed E-state index contributed by atoms with van der Waals surface area (Å²) in [5, 5.41) is 0. The quantitative estimate of drug-likeness (QED) is 0.375. The first-order valence-corrected chi connectivity index (χ1v) is 3.90. The molecule has 0 heterocycles. The second-order valence-electron chi connectivity index (χ2n) is 1.84. The minimum Gasteiger partial charge on any atom is -0.290 e. The number of nitrogens with one attached hydrogen (secondary N) is 1. The molecule has 0 saturated carbocycles. The zero-order valence-electron chi connectivity index (χ0n) is 7.37. The maximum atomic E-state index is 10.8. The Bertz CT molecular complexity index is 221. The number of carbonyl (C=O) groups is 1. The number of hydrogen-bond acceptors (Lipinski definition) is 2. The maximum Gasteiger partial charge on any atom is 0.265 e. The largest absolute Gasteiger partial charge is 0.290 e. The highest BCUT2D eigenvalue weighted by Gasteiger charge is 1.98. The van der Waals surface area contributed by atoms with Crippen LogP contribution in [0.4, 0.5) is 0 Å². The number of hydrogen-bond donors (Lipinski definition) is 2. The van der Waals surface area contributed by atoms with Crippen molar-refractivity contribution in [1.82, 2.24) is 5.43 Å². The summed E-state index contributed by atoms with van der Waals surface area (Å²) >= 11 is 0. The molecule has 0 spiro atoms. The van der Waals surface area contributed by atoms with E-state index in [-0.39, 0.29) is 5.91 Å². The van der Waals surface area contributed by atoms with Crippen molar-refractivity contribution in [2.75, 3.05) is 0 Å². The standard InChI is InChI=1S/C7H8N2O.C2H6/c8-9-7(10)6-4-2-1-3-5-6;1-2/h1-5H,8H2,(H,9,10);1-2H3. The lowest BCUT2D eigenvalue weighted by Crippen LogP contribution is -2.29. The summed E-state index contributed by atoms with van der Waals surface area (Å²) < 4.78 is 0. The van der Waals surface area contributed by atoms with Gasteiger partial charge >= 0.3 is 0 Å². The van der Waals surface area contributed by atoms with Gasteiger partial charge in [0.15, 0.2) is 0 Å². The Morgan fingerprint density at radius 2 is 1.75 bits per heavy atom. The van der Waals surface area contributed by atoms with Crippen LogP contribution in [0.1, 0.15) is 24.2 Å². The van der Waals surface area contributed by atoms with Gasteiger partial charge in [0.25, 0.3) is 5.91 Å². The van der Waals surface area contributed by atoms with Gasteiger partial charge in [0.2, 0.25) is 0 Å². The summed E-state index contributed by atoms with van der Waals surface area (Å²) in [7, 11) is 0. The molecule has 0 atom stereocenters. The van der Waals surface area contributed by atoms with Crippen molar-refractivity contribution in [2.24, 2.45) is 5.84 Å². The van der Waals surface area contributed by atoms with Gasteiger partial charge in [0, 0.05) is 5.56 Å². The second kappa shape index (κ2) is 6.37. The first-order valence-electron chi connectivity index (χ1n) is 3.90. The molecule has 12 heavy (non-hydrogen) atoms. The third-order valence-electron chi connectivity index (χ3n) is 1.17. The van der Waals surface area contributed by atoms with E-state index < -0.39 is 0 Å². The molecule has 0 fully saturated rings. The fourth-order valence-electron chi connectivity index (χ4n) is 0.673. The molecule has 0 radical (unpaired) electrons. The van der Waals surface area contributed by atoms with E-state index >= 15 is 0 Å². The molecule has 0 aliphatic carbocycles. The molecule has 0 aliphatic rings. The van der Waals surface area contributed by atoms with Crippen molar-refractivity contribution in [1.29, 1.82) is 0 Å². The van der Waals surface area contributed by atoms with E-state index in [1.165, 1.54) is 0 Å². The normalized spacial score (nSPS) is 7.92. The molecule has 0 aromatic heterocycles. The summed E-state index contributed by atoms with van der Waals surface area (Å²) in [6, 6.07) is 8.80. The third-order valence-corrected chi connectivity index (χ3v) is 1.17. The Hall–Kier alpha value is -1.35. The number of hydrazine groups is 1. The zero-order chi connectivity index (χ0) is 9.40. The van der Waals surface area contributed by atoms with Gasteiger partial charge in [-0.25, -0.2) is 5.84 Å². The minimum absolute atomic E-state index is 0.263. The molecular weight excluding hydrogens is 152 g/mol. The van der Waals surface area contributed by atoms with Crippen LogP contribution in [0.5, 0.6) is 0 Å². The topological polar surface area (TPSA) is 55.1 Å². The summed E-state index contributed by atoms with van der Waals surface area (Å²) in [5.74, 6) is 4.64. The highest BCUT2D eigenvalue weighted by Crippen LogP contribution is 1.95. The molecule has 0 saturated heterocycles. The van der Waals surface area contributed by atoms with Crippen molar-refractivity contribution in [3.63, 3.8) is 0 Å². The molecule has 1 aromatic rings. The van der Waals surface area contributed by atoms with Crippen molar-refractivity contribution < 1.29 is 4.79 Å². The maximum absolute atomic E-state index is 10.8. The number of amides is 1. The number of carbonyl (C=O) groups excluding carboxylic acids is 1. The van der Waals surface area contributed by atoms with Crippen molar-refractivity contribution in [2.45, 2.75) is 13.8 Å². The Kier molecular flexibility index (Phi) is 5.65. The summed E-state index contributed by atoms with van der Waals surface area (Å²) in [6.45, 7) is 4.00. The highest BCUT2D eigenvalue weighted by atomic mass is 16.2.